The zero-order valence-corrected chi connectivity index (χ0v) is 24.8. The number of hydrogen-bond acceptors (Lipinski definition) is 6. The molecule has 3 heterocycles. The van der Waals surface area contributed by atoms with Gasteiger partial charge in [-0.05, 0) is 72.6 Å². The van der Waals surface area contributed by atoms with Crippen molar-refractivity contribution in [3.8, 4) is 12.1 Å². The second kappa shape index (κ2) is 8.31. The summed E-state index contributed by atoms with van der Waals surface area (Å²) in [4.78, 5) is 38.1. The van der Waals surface area contributed by atoms with Crippen molar-refractivity contribution >= 4 is 23.2 Å². The van der Waals surface area contributed by atoms with E-state index in [1.54, 1.807) is 4.90 Å². The van der Waals surface area contributed by atoms with Crippen LogP contribution >= 0.6 is 0 Å². The minimum Gasteiger partial charge on any atom is -0.328 e. The lowest BCUT2D eigenvalue weighted by Crippen LogP contribution is -2.77. The Morgan fingerprint density at radius 2 is 1.66 bits per heavy atom. The van der Waals surface area contributed by atoms with Gasteiger partial charge in [0.15, 0.2) is 5.78 Å². The minimum absolute atomic E-state index is 0.0132. The number of aliphatic imine (C=N–C) groups is 1. The van der Waals surface area contributed by atoms with Crippen molar-refractivity contribution in [2.45, 2.75) is 104 Å². The van der Waals surface area contributed by atoms with Gasteiger partial charge >= 0.3 is 0 Å². The molecule has 3 fully saturated rings. The molecule has 6 atom stereocenters. The van der Waals surface area contributed by atoms with E-state index in [0.29, 0.717) is 37.1 Å². The number of piperidine rings is 2. The summed E-state index contributed by atoms with van der Waals surface area (Å²) in [5, 5.41) is 22.2. The third kappa shape index (κ3) is 3.21. The van der Waals surface area contributed by atoms with Crippen molar-refractivity contribution in [2.75, 3.05) is 4.90 Å². The van der Waals surface area contributed by atoms with Crippen LogP contribution in [0, 0.1) is 50.7 Å². The van der Waals surface area contributed by atoms with Crippen molar-refractivity contribution in [3.63, 3.8) is 0 Å². The summed E-state index contributed by atoms with van der Waals surface area (Å²) in [6.07, 6.45) is 5.02. The van der Waals surface area contributed by atoms with Gasteiger partial charge in [0.2, 0.25) is 0 Å². The molecule has 7 rings (SSSR count). The molecule has 6 unspecified atom stereocenters. The van der Waals surface area contributed by atoms with Gasteiger partial charge in [0.25, 0.3) is 5.91 Å². The average molecular weight is 550 g/mol. The lowest BCUT2D eigenvalue weighted by Gasteiger charge is -2.65. The molecular formula is C34H39N5O2. The highest BCUT2D eigenvalue weighted by Crippen LogP contribution is 2.69. The lowest BCUT2D eigenvalue weighted by molar-refractivity contribution is -0.154. The zero-order chi connectivity index (χ0) is 29.1. The van der Waals surface area contributed by atoms with E-state index >= 15 is 0 Å². The molecule has 0 N–H and O–H groups in total. The summed E-state index contributed by atoms with van der Waals surface area (Å²) in [5.41, 5.74) is 0.788. The van der Waals surface area contributed by atoms with Gasteiger partial charge in [0.05, 0.1) is 12.1 Å². The molecule has 7 heteroatoms. The molecule has 1 aromatic carbocycles. The molecule has 0 radical (unpaired) electrons. The number of carbonyl (C=O) groups is 2. The van der Waals surface area contributed by atoms with Gasteiger partial charge in [-0.3, -0.25) is 14.5 Å². The summed E-state index contributed by atoms with van der Waals surface area (Å²) in [6, 6.07) is 13.8. The van der Waals surface area contributed by atoms with Gasteiger partial charge in [-0.1, -0.05) is 53.2 Å². The molecule has 1 amide bonds. The van der Waals surface area contributed by atoms with Crippen LogP contribution in [0.25, 0.3) is 0 Å². The predicted octanol–water partition coefficient (Wildman–Crippen LogP) is 6.02. The first-order chi connectivity index (χ1) is 19.4. The Morgan fingerprint density at radius 1 is 0.951 bits per heavy atom. The molecule has 6 bridgehead atoms. The van der Waals surface area contributed by atoms with Gasteiger partial charge < -0.3 is 4.90 Å². The van der Waals surface area contributed by atoms with Crippen LogP contribution in [0.4, 0.5) is 5.69 Å². The van der Waals surface area contributed by atoms with E-state index < -0.39 is 22.7 Å². The minimum atomic E-state index is -1.42. The maximum absolute atomic E-state index is 14.9. The van der Waals surface area contributed by atoms with E-state index in [2.05, 4.69) is 75.9 Å². The Hall–Kier alpha value is -3.45. The van der Waals surface area contributed by atoms with E-state index in [1.807, 2.05) is 0 Å². The highest BCUT2D eigenvalue weighted by molar-refractivity contribution is 6.15. The van der Waals surface area contributed by atoms with Gasteiger partial charge in [0.1, 0.15) is 29.0 Å². The number of nitriles is 2. The highest BCUT2D eigenvalue weighted by atomic mass is 16.2. The molecule has 41 heavy (non-hydrogen) atoms. The largest absolute Gasteiger partial charge is 0.328 e. The maximum Gasteiger partial charge on any atom is 0.251 e. The van der Waals surface area contributed by atoms with Crippen molar-refractivity contribution in [1.82, 2.24) is 4.90 Å². The Balaban J connectivity index is 1.47. The number of amides is 1. The van der Waals surface area contributed by atoms with Gasteiger partial charge in [-0.15, -0.1) is 0 Å². The molecule has 6 aliphatic rings. The normalized spacial score (nSPS) is 37.0. The topological polar surface area (TPSA) is 101 Å². The van der Waals surface area contributed by atoms with Crippen molar-refractivity contribution < 1.29 is 9.59 Å². The van der Waals surface area contributed by atoms with E-state index in [9.17, 15) is 20.1 Å². The number of fused-ring (bicyclic) bond motifs is 7. The predicted molar refractivity (Wildman–Crippen MR) is 155 cm³/mol. The van der Waals surface area contributed by atoms with Crippen molar-refractivity contribution in [1.29, 1.82) is 10.5 Å². The SMILES string of the molecule is CC1(C)CC(=O)C2=C(C1)C1(C#N)C3=NC4CCCC(N3C(=O)C3(C#N)C2CCCC13)N4c1ccc(C(C)(C)C)cc1. The van der Waals surface area contributed by atoms with E-state index in [0.717, 1.165) is 36.9 Å². The van der Waals surface area contributed by atoms with E-state index in [-0.39, 0.29) is 34.9 Å². The van der Waals surface area contributed by atoms with Gasteiger partial charge in [-0.25, -0.2) is 4.99 Å². The van der Waals surface area contributed by atoms with Gasteiger partial charge in [0, 0.05) is 29.5 Å². The molecule has 3 aliphatic heterocycles. The van der Waals surface area contributed by atoms with Crippen LogP contribution in [-0.4, -0.2) is 34.8 Å². The number of hydrogen-bond donors (Lipinski definition) is 0. The van der Waals surface area contributed by atoms with Crippen LogP contribution in [0.2, 0.25) is 0 Å². The molecule has 3 aliphatic carbocycles. The van der Waals surface area contributed by atoms with E-state index in [4.69, 9.17) is 4.99 Å². The number of allylic oxidation sites excluding steroid dienone is 1. The monoisotopic (exact) mass is 549 g/mol. The van der Waals surface area contributed by atoms with Crippen molar-refractivity contribution in [3.05, 3.63) is 41.0 Å². The molecule has 0 aromatic heterocycles. The third-order valence-corrected chi connectivity index (χ3v) is 11.0. The second-order valence-electron chi connectivity index (χ2n) is 15.0. The molecule has 212 valence electrons. The maximum atomic E-state index is 14.9. The number of nitrogens with zero attached hydrogens (tertiary/aromatic N) is 5. The van der Waals surface area contributed by atoms with Gasteiger partial charge in [-0.2, -0.15) is 10.5 Å². The van der Waals surface area contributed by atoms with Crippen LogP contribution < -0.4 is 4.90 Å². The Morgan fingerprint density at radius 3 is 2.32 bits per heavy atom. The molecule has 1 aromatic rings. The first-order valence-corrected chi connectivity index (χ1v) is 15.3. The number of amidine groups is 1. The zero-order valence-electron chi connectivity index (χ0n) is 24.8. The molecule has 2 saturated heterocycles. The number of rotatable bonds is 1. The van der Waals surface area contributed by atoms with E-state index in [1.165, 1.54) is 5.56 Å². The Kier molecular flexibility index (Phi) is 5.36. The standard InChI is InChI=1S/C34H39N5O2/c1-31(2,3)20-12-14-21(15-13-20)38-26-10-7-11-27(38)39-29(37-26)33(18-35)23-16-32(4,5)17-24(40)28(23)22-8-6-9-25(33)34(22,19-36)30(39)41/h12-15,22,25-27H,6-11,16-17H2,1-5H3. The van der Waals surface area contributed by atoms with Crippen LogP contribution in [-0.2, 0) is 15.0 Å². The number of carbonyl (C=O) groups excluding carboxylic acids is 2. The van der Waals surface area contributed by atoms with Crippen LogP contribution in [0.1, 0.15) is 91.5 Å². The number of Topliss-reactive ketones (excluding diaryl/α,β-unsaturated/α-hetero) is 1. The second-order valence-corrected chi connectivity index (χ2v) is 15.0. The Bertz CT molecular complexity index is 1520. The fourth-order valence-electron chi connectivity index (χ4n) is 9.33. The lowest BCUT2D eigenvalue weighted by atomic mass is 9.40. The molecule has 1 saturated carbocycles. The third-order valence-electron chi connectivity index (χ3n) is 11.0. The smallest absolute Gasteiger partial charge is 0.251 e. The summed E-state index contributed by atoms with van der Waals surface area (Å²) in [7, 11) is 0. The Labute approximate surface area is 242 Å². The molecule has 7 nitrogen and oxygen atoms in total. The average Bonchev–Trinajstić information content (AvgIpc) is 2.91. The first-order valence-electron chi connectivity index (χ1n) is 15.3. The molecular weight excluding hydrogens is 510 g/mol. The van der Waals surface area contributed by atoms with Crippen LogP contribution in [0.3, 0.4) is 0 Å². The first kappa shape index (κ1) is 26.4. The molecule has 0 spiro atoms. The fraction of sp³-hybridized carbons (Fsp3) is 0.618. The van der Waals surface area contributed by atoms with Crippen LogP contribution in [0.5, 0.6) is 0 Å². The summed E-state index contributed by atoms with van der Waals surface area (Å²) < 4.78 is 0. The number of ketones is 1. The summed E-state index contributed by atoms with van der Waals surface area (Å²) in [5.74, 6) is -0.660. The summed E-state index contributed by atoms with van der Waals surface area (Å²) >= 11 is 0. The highest BCUT2D eigenvalue weighted by Gasteiger charge is 2.76. The van der Waals surface area contributed by atoms with Crippen molar-refractivity contribution in [2.24, 2.45) is 33.1 Å². The quantitative estimate of drug-likeness (QED) is 0.427. The fourth-order valence-corrected chi connectivity index (χ4v) is 9.33. The van der Waals surface area contributed by atoms with Crippen LogP contribution in [0.15, 0.2) is 40.4 Å². The number of benzene rings is 1. The summed E-state index contributed by atoms with van der Waals surface area (Å²) in [6.45, 7) is 10.8. The number of anilines is 1.